The molecule has 0 spiro atoms. The second-order valence-corrected chi connectivity index (χ2v) is 9.59. The van der Waals surface area contributed by atoms with Crippen molar-refractivity contribution in [1.29, 1.82) is 0 Å². The Bertz CT molecular complexity index is 1490. The molecule has 2 aromatic carbocycles. The predicted molar refractivity (Wildman–Crippen MR) is 147 cm³/mol. The highest BCUT2D eigenvalue weighted by atomic mass is 16.5. The first-order chi connectivity index (χ1) is 17.8. The van der Waals surface area contributed by atoms with Gasteiger partial charge in [-0.05, 0) is 37.4 Å². The van der Waals surface area contributed by atoms with Crippen molar-refractivity contribution >= 4 is 34.2 Å². The number of nitrogen functional groups attached to an aromatic ring is 1. The lowest BCUT2D eigenvalue weighted by atomic mass is 10.1. The van der Waals surface area contributed by atoms with E-state index >= 15 is 0 Å². The fourth-order valence-electron chi connectivity index (χ4n) is 4.53. The highest BCUT2D eigenvalue weighted by Crippen LogP contribution is 2.33. The Kier molecular flexibility index (Phi) is 6.66. The van der Waals surface area contributed by atoms with Crippen molar-refractivity contribution < 1.29 is 4.74 Å². The van der Waals surface area contributed by atoms with Crippen LogP contribution in [-0.2, 0) is 0 Å². The van der Waals surface area contributed by atoms with Gasteiger partial charge in [0.25, 0.3) is 5.56 Å². The molecule has 0 radical (unpaired) electrons. The van der Waals surface area contributed by atoms with E-state index in [1.165, 1.54) is 0 Å². The third-order valence-corrected chi connectivity index (χ3v) is 6.58. The van der Waals surface area contributed by atoms with Crippen LogP contribution in [0.1, 0.15) is 25.5 Å². The van der Waals surface area contributed by atoms with Crippen molar-refractivity contribution in [2.75, 3.05) is 56.3 Å². The maximum absolute atomic E-state index is 13.5. The zero-order valence-electron chi connectivity index (χ0n) is 21.6. The summed E-state index contributed by atoms with van der Waals surface area (Å²) >= 11 is 0. The molecule has 3 heterocycles. The Balaban J connectivity index is 1.54. The summed E-state index contributed by atoms with van der Waals surface area (Å²) in [7, 11) is 3.81. The average Bonchev–Trinajstić information content (AvgIpc) is 2.88. The van der Waals surface area contributed by atoms with Crippen molar-refractivity contribution in [3.63, 3.8) is 0 Å². The number of piperazine rings is 1. The van der Waals surface area contributed by atoms with Crippen molar-refractivity contribution in [1.82, 2.24) is 24.4 Å². The molecule has 2 aromatic heterocycles. The first kappa shape index (κ1) is 24.5. The number of anilines is 4. The number of methoxy groups -OCH3 is 1. The number of hydrogen-bond donors (Lipinski definition) is 2. The number of nitrogens with two attached hydrogens (primary N) is 1. The smallest absolute Gasteiger partial charge is 0.278 e. The van der Waals surface area contributed by atoms with Gasteiger partial charge in [0.1, 0.15) is 17.0 Å². The summed E-state index contributed by atoms with van der Waals surface area (Å²) in [5.74, 6) is 1.06. The van der Waals surface area contributed by atoms with E-state index < -0.39 is 0 Å². The van der Waals surface area contributed by atoms with Crippen LogP contribution in [0.2, 0.25) is 0 Å². The van der Waals surface area contributed by atoms with E-state index in [2.05, 4.69) is 32.1 Å². The average molecular weight is 501 g/mol. The Morgan fingerprint density at radius 3 is 2.54 bits per heavy atom. The quantitative estimate of drug-likeness (QED) is 0.385. The van der Waals surface area contributed by atoms with E-state index in [-0.39, 0.29) is 11.5 Å². The number of hydrogen-bond acceptors (Lipinski definition) is 9. The van der Waals surface area contributed by atoms with Gasteiger partial charge in [-0.2, -0.15) is 4.98 Å². The van der Waals surface area contributed by atoms with E-state index in [0.29, 0.717) is 34.2 Å². The molecule has 1 aliphatic heterocycles. The van der Waals surface area contributed by atoms with Gasteiger partial charge in [0.15, 0.2) is 5.65 Å². The van der Waals surface area contributed by atoms with Crippen LogP contribution in [0.4, 0.5) is 23.0 Å². The van der Waals surface area contributed by atoms with Crippen molar-refractivity contribution in [3.05, 3.63) is 64.7 Å². The molecule has 1 fully saturated rings. The van der Waals surface area contributed by atoms with Gasteiger partial charge in [0.05, 0.1) is 24.7 Å². The molecule has 4 aromatic rings. The molecule has 0 amide bonds. The van der Waals surface area contributed by atoms with Gasteiger partial charge in [-0.15, -0.1) is 0 Å². The van der Waals surface area contributed by atoms with Gasteiger partial charge in [0, 0.05) is 49.5 Å². The Morgan fingerprint density at radius 1 is 1.05 bits per heavy atom. The van der Waals surface area contributed by atoms with Crippen LogP contribution in [0.5, 0.6) is 5.75 Å². The predicted octanol–water partition coefficient (Wildman–Crippen LogP) is 3.39. The number of aromatic nitrogens is 4. The third-order valence-electron chi connectivity index (χ3n) is 6.58. The molecule has 0 unspecified atom stereocenters. The number of nitrogens with one attached hydrogen (secondary N) is 1. The number of ether oxygens (including phenoxy) is 1. The zero-order chi connectivity index (χ0) is 26.1. The summed E-state index contributed by atoms with van der Waals surface area (Å²) < 4.78 is 7.26. The Labute approximate surface area is 215 Å². The molecule has 5 rings (SSSR count). The molecule has 37 heavy (non-hydrogen) atoms. The van der Waals surface area contributed by atoms with E-state index in [1.807, 2.05) is 44.2 Å². The summed E-state index contributed by atoms with van der Waals surface area (Å²) in [6, 6.07) is 13.1. The number of likely N-dealkylation sites (N-methyl/N-ethyl adjacent to an activating group) is 1. The molecule has 0 aliphatic carbocycles. The Morgan fingerprint density at radius 2 is 1.84 bits per heavy atom. The van der Waals surface area contributed by atoms with Crippen molar-refractivity contribution in [2.45, 2.75) is 19.8 Å². The summed E-state index contributed by atoms with van der Waals surface area (Å²) in [6.07, 6.45) is 1.63. The van der Waals surface area contributed by atoms with Crippen molar-refractivity contribution in [3.8, 4) is 11.4 Å². The van der Waals surface area contributed by atoms with Gasteiger partial charge in [-0.3, -0.25) is 9.36 Å². The summed E-state index contributed by atoms with van der Waals surface area (Å²) in [4.78, 5) is 31.9. The normalized spacial score (nSPS) is 14.4. The lowest BCUT2D eigenvalue weighted by Gasteiger charge is -2.34. The molecule has 0 saturated carbocycles. The second kappa shape index (κ2) is 10.1. The van der Waals surface area contributed by atoms with Crippen LogP contribution < -0.4 is 26.2 Å². The fraction of sp³-hybridized carbons (Fsp3) is 0.333. The van der Waals surface area contributed by atoms with Gasteiger partial charge in [0.2, 0.25) is 5.95 Å². The fourth-order valence-corrected chi connectivity index (χ4v) is 4.53. The molecule has 10 nitrogen and oxygen atoms in total. The second-order valence-electron chi connectivity index (χ2n) is 9.59. The standard InChI is InChI=1S/C27H32N8O2/c1-17(2)24-26(36)35(20-7-5-6-18(28)14-20)25-21(31-24)16-29-27(32-25)30-19-8-9-22(23(15-19)37-4)34-12-10-33(3)11-13-34/h5-9,14-17H,10-13,28H2,1-4H3,(H,29,30,32). The largest absolute Gasteiger partial charge is 0.495 e. The molecular formula is C27H32N8O2. The van der Waals surface area contributed by atoms with E-state index in [9.17, 15) is 4.79 Å². The van der Waals surface area contributed by atoms with Crippen LogP contribution in [0.3, 0.4) is 0 Å². The number of rotatable bonds is 6. The van der Waals surface area contributed by atoms with Gasteiger partial charge >= 0.3 is 0 Å². The lowest BCUT2D eigenvalue weighted by molar-refractivity contribution is 0.311. The number of nitrogens with zero attached hydrogens (tertiary/aromatic N) is 6. The zero-order valence-corrected chi connectivity index (χ0v) is 21.6. The molecule has 10 heteroatoms. The summed E-state index contributed by atoms with van der Waals surface area (Å²) in [6.45, 7) is 7.79. The van der Waals surface area contributed by atoms with Crippen LogP contribution in [-0.4, -0.2) is 64.8 Å². The Hall–Kier alpha value is -4.18. The molecular weight excluding hydrogens is 468 g/mol. The molecule has 0 bridgehead atoms. The van der Waals surface area contributed by atoms with Crippen LogP contribution >= 0.6 is 0 Å². The molecule has 1 aliphatic rings. The van der Waals surface area contributed by atoms with E-state index in [4.69, 9.17) is 15.5 Å². The lowest BCUT2D eigenvalue weighted by Crippen LogP contribution is -2.44. The highest BCUT2D eigenvalue weighted by Gasteiger charge is 2.19. The SMILES string of the molecule is COc1cc(Nc2ncc3nc(C(C)C)c(=O)n(-c4cccc(N)c4)c3n2)ccc1N1CCN(C)CC1. The topological polar surface area (TPSA) is 114 Å². The van der Waals surface area contributed by atoms with E-state index in [0.717, 1.165) is 43.3 Å². The molecule has 1 saturated heterocycles. The minimum absolute atomic E-state index is 0.0618. The van der Waals surface area contributed by atoms with Gasteiger partial charge < -0.3 is 25.6 Å². The van der Waals surface area contributed by atoms with Crippen LogP contribution in [0.15, 0.2) is 53.5 Å². The maximum atomic E-state index is 13.5. The third kappa shape index (κ3) is 4.92. The summed E-state index contributed by atoms with van der Waals surface area (Å²) in [5, 5.41) is 3.26. The number of fused-ring (bicyclic) bond motifs is 1. The molecule has 0 atom stereocenters. The molecule has 3 N–H and O–H groups in total. The number of benzene rings is 2. The van der Waals surface area contributed by atoms with E-state index in [1.54, 1.807) is 30.0 Å². The first-order valence-electron chi connectivity index (χ1n) is 12.4. The first-order valence-corrected chi connectivity index (χ1v) is 12.4. The summed E-state index contributed by atoms with van der Waals surface area (Å²) in [5.41, 5.74) is 10.2. The minimum Gasteiger partial charge on any atom is -0.495 e. The highest BCUT2D eigenvalue weighted by molar-refractivity contribution is 5.75. The molecule has 192 valence electrons. The van der Waals surface area contributed by atoms with Crippen molar-refractivity contribution in [2.24, 2.45) is 0 Å². The van der Waals surface area contributed by atoms with Gasteiger partial charge in [-0.1, -0.05) is 19.9 Å². The van der Waals surface area contributed by atoms with Crippen LogP contribution in [0.25, 0.3) is 16.9 Å². The van der Waals surface area contributed by atoms with Crippen LogP contribution in [0, 0.1) is 0 Å². The van der Waals surface area contributed by atoms with Gasteiger partial charge in [-0.25, -0.2) is 9.97 Å². The monoisotopic (exact) mass is 500 g/mol. The minimum atomic E-state index is -0.226. The maximum Gasteiger partial charge on any atom is 0.278 e.